The van der Waals surface area contributed by atoms with E-state index in [4.69, 9.17) is 0 Å². The molecule has 1 fully saturated rings. The second kappa shape index (κ2) is 5.95. The number of carbonyl (C=O) groups excluding carboxylic acids is 1. The zero-order valence-electron chi connectivity index (χ0n) is 11.9. The van der Waals surface area contributed by atoms with Crippen molar-refractivity contribution in [2.75, 3.05) is 16.8 Å². The summed E-state index contributed by atoms with van der Waals surface area (Å²) in [6, 6.07) is 1.62. The molecule has 1 unspecified atom stereocenters. The van der Waals surface area contributed by atoms with Crippen molar-refractivity contribution in [1.29, 1.82) is 0 Å². The van der Waals surface area contributed by atoms with E-state index in [9.17, 15) is 13.2 Å². The Morgan fingerprint density at radius 2 is 2.30 bits per heavy atom. The summed E-state index contributed by atoms with van der Waals surface area (Å²) in [5.74, 6) is 0.853. The Morgan fingerprint density at radius 1 is 1.55 bits per heavy atom. The van der Waals surface area contributed by atoms with E-state index in [-0.39, 0.29) is 23.5 Å². The standard InChI is InChI=1S/C13H21N3O3S/c1-3-4-5-13(17)14-12-8-10(2)15-16(12)11-6-7-20(18,19)9-11/h8,11H,3-7,9H2,1-2H3,(H,14,17). The van der Waals surface area contributed by atoms with Gasteiger partial charge >= 0.3 is 0 Å². The highest BCUT2D eigenvalue weighted by molar-refractivity contribution is 7.91. The number of nitrogens with one attached hydrogen (secondary N) is 1. The van der Waals surface area contributed by atoms with Crippen molar-refractivity contribution in [2.45, 2.75) is 45.6 Å². The zero-order chi connectivity index (χ0) is 14.8. The van der Waals surface area contributed by atoms with Crippen LogP contribution < -0.4 is 5.32 Å². The number of rotatable bonds is 5. The van der Waals surface area contributed by atoms with E-state index in [2.05, 4.69) is 10.4 Å². The molecule has 6 nitrogen and oxygen atoms in total. The number of anilines is 1. The third kappa shape index (κ3) is 3.59. The SMILES string of the molecule is CCCCC(=O)Nc1cc(C)nn1C1CCS(=O)(=O)C1. The van der Waals surface area contributed by atoms with Gasteiger partial charge < -0.3 is 5.32 Å². The second-order valence-electron chi connectivity index (χ2n) is 5.32. The minimum Gasteiger partial charge on any atom is -0.311 e. The summed E-state index contributed by atoms with van der Waals surface area (Å²) in [7, 11) is -2.97. The molecule has 1 aromatic rings. The van der Waals surface area contributed by atoms with Crippen molar-refractivity contribution >= 4 is 21.6 Å². The molecule has 2 rings (SSSR count). The number of aryl methyl sites for hydroxylation is 1. The molecule has 1 aliphatic heterocycles. The topological polar surface area (TPSA) is 81.1 Å². The Hall–Kier alpha value is -1.37. The minimum absolute atomic E-state index is 0.0474. The van der Waals surface area contributed by atoms with Gasteiger partial charge in [0.05, 0.1) is 23.2 Å². The minimum atomic E-state index is -2.97. The fraction of sp³-hybridized carbons (Fsp3) is 0.692. The lowest BCUT2D eigenvalue weighted by molar-refractivity contribution is -0.116. The molecule has 0 spiro atoms. The van der Waals surface area contributed by atoms with E-state index in [0.717, 1.165) is 18.5 Å². The predicted octanol–water partition coefficient (Wildman–Crippen LogP) is 1.68. The van der Waals surface area contributed by atoms with E-state index in [0.29, 0.717) is 18.7 Å². The monoisotopic (exact) mass is 299 g/mol. The molecule has 0 saturated carbocycles. The van der Waals surface area contributed by atoms with Gasteiger partial charge in [0.1, 0.15) is 5.82 Å². The van der Waals surface area contributed by atoms with Crippen LogP contribution in [0.5, 0.6) is 0 Å². The molecule has 0 aliphatic carbocycles. The van der Waals surface area contributed by atoms with Gasteiger partial charge in [0, 0.05) is 12.5 Å². The molecule has 0 aromatic carbocycles. The Morgan fingerprint density at radius 3 is 2.90 bits per heavy atom. The zero-order valence-corrected chi connectivity index (χ0v) is 12.7. The number of sulfone groups is 1. The number of amides is 1. The number of unbranched alkanes of at least 4 members (excludes halogenated alkanes) is 1. The summed E-state index contributed by atoms with van der Waals surface area (Å²) in [5, 5.41) is 7.17. The molecule has 0 bridgehead atoms. The predicted molar refractivity (Wildman–Crippen MR) is 77.4 cm³/mol. The van der Waals surface area contributed by atoms with Crippen LogP contribution in [0.1, 0.15) is 44.3 Å². The van der Waals surface area contributed by atoms with Gasteiger partial charge in [-0.05, 0) is 19.8 Å². The lowest BCUT2D eigenvalue weighted by Crippen LogP contribution is -2.19. The maximum atomic E-state index is 11.8. The second-order valence-corrected chi connectivity index (χ2v) is 7.55. The van der Waals surface area contributed by atoms with Gasteiger partial charge in [0.15, 0.2) is 9.84 Å². The first kappa shape index (κ1) is 15.0. The molecule has 7 heteroatoms. The third-order valence-corrected chi connectivity index (χ3v) is 5.19. The van der Waals surface area contributed by atoms with Crippen molar-refractivity contribution in [3.05, 3.63) is 11.8 Å². The van der Waals surface area contributed by atoms with Gasteiger partial charge in [-0.2, -0.15) is 5.10 Å². The Bertz CT molecular complexity index is 592. The van der Waals surface area contributed by atoms with E-state index in [1.54, 1.807) is 10.7 Å². The number of carbonyl (C=O) groups is 1. The molecule has 1 atom stereocenters. The van der Waals surface area contributed by atoms with Crippen LogP contribution in [0.3, 0.4) is 0 Å². The maximum absolute atomic E-state index is 11.8. The van der Waals surface area contributed by atoms with E-state index in [1.807, 2.05) is 13.8 Å². The molecular formula is C13H21N3O3S. The summed E-state index contributed by atoms with van der Waals surface area (Å²) >= 11 is 0. The maximum Gasteiger partial charge on any atom is 0.225 e. The van der Waals surface area contributed by atoms with Crippen LogP contribution >= 0.6 is 0 Å². The summed E-state index contributed by atoms with van der Waals surface area (Å²) in [5.41, 5.74) is 0.778. The van der Waals surface area contributed by atoms with Gasteiger partial charge in [-0.25, -0.2) is 13.1 Å². The third-order valence-electron chi connectivity index (χ3n) is 3.44. The fourth-order valence-electron chi connectivity index (χ4n) is 2.40. The quantitative estimate of drug-likeness (QED) is 0.897. The molecule has 1 aromatic heterocycles. The molecule has 1 amide bonds. The van der Waals surface area contributed by atoms with Gasteiger partial charge in [0.25, 0.3) is 0 Å². The van der Waals surface area contributed by atoms with Crippen molar-refractivity contribution < 1.29 is 13.2 Å². The first-order chi connectivity index (χ1) is 9.41. The lowest BCUT2D eigenvalue weighted by Gasteiger charge is -2.13. The largest absolute Gasteiger partial charge is 0.311 e. The average molecular weight is 299 g/mol. The Labute approximate surface area is 119 Å². The van der Waals surface area contributed by atoms with Crippen molar-refractivity contribution in [1.82, 2.24) is 9.78 Å². The van der Waals surface area contributed by atoms with Crippen LogP contribution in [0.15, 0.2) is 6.07 Å². The molecule has 1 aliphatic rings. The molecular weight excluding hydrogens is 278 g/mol. The molecule has 112 valence electrons. The number of aromatic nitrogens is 2. The van der Waals surface area contributed by atoms with Crippen LogP contribution in [0.4, 0.5) is 5.82 Å². The average Bonchev–Trinajstić information content (AvgIpc) is 2.89. The number of hydrogen-bond acceptors (Lipinski definition) is 4. The molecule has 20 heavy (non-hydrogen) atoms. The first-order valence-corrected chi connectivity index (χ1v) is 8.80. The van der Waals surface area contributed by atoms with Crippen molar-refractivity contribution in [3.63, 3.8) is 0 Å². The molecule has 1 saturated heterocycles. The summed E-state index contributed by atoms with van der Waals surface area (Å²) < 4.78 is 24.8. The van der Waals surface area contributed by atoms with Crippen molar-refractivity contribution in [2.24, 2.45) is 0 Å². The Balaban J connectivity index is 2.12. The normalized spacial score (nSPS) is 21.0. The molecule has 2 heterocycles. The van der Waals surface area contributed by atoms with E-state index in [1.165, 1.54) is 0 Å². The van der Waals surface area contributed by atoms with Gasteiger partial charge in [-0.1, -0.05) is 13.3 Å². The van der Waals surface area contributed by atoms with E-state index >= 15 is 0 Å². The highest BCUT2D eigenvalue weighted by Gasteiger charge is 2.31. The van der Waals surface area contributed by atoms with Gasteiger partial charge in [-0.3, -0.25) is 4.79 Å². The van der Waals surface area contributed by atoms with Crippen molar-refractivity contribution in [3.8, 4) is 0 Å². The van der Waals surface area contributed by atoms with Crippen LogP contribution in [0.2, 0.25) is 0 Å². The molecule has 0 radical (unpaired) electrons. The van der Waals surface area contributed by atoms with Crippen LogP contribution in [-0.2, 0) is 14.6 Å². The van der Waals surface area contributed by atoms with Crippen LogP contribution in [0, 0.1) is 6.92 Å². The summed E-state index contributed by atoms with van der Waals surface area (Å²) in [6.45, 7) is 3.87. The van der Waals surface area contributed by atoms with Gasteiger partial charge in [0.2, 0.25) is 5.91 Å². The lowest BCUT2D eigenvalue weighted by atomic mass is 10.2. The number of nitrogens with zero attached hydrogens (tertiary/aromatic N) is 2. The fourth-order valence-corrected chi connectivity index (χ4v) is 4.09. The molecule has 1 N–H and O–H groups in total. The highest BCUT2D eigenvalue weighted by Crippen LogP contribution is 2.27. The summed E-state index contributed by atoms with van der Waals surface area (Å²) in [6.07, 6.45) is 2.84. The van der Waals surface area contributed by atoms with Crippen LogP contribution in [0.25, 0.3) is 0 Å². The summed E-state index contributed by atoms with van der Waals surface area (Å²) in [4.78, 5) is 11.8. The van der Waals surface area contributed by atoms with Crippen LogP contribution in [-0.4, -0.2) is 35.6 Å². The number of hydrogen-bond donors (Lipinski definition) is 1. The highest BCUT2D eigenvalue weighted by atomic mass is 32.2. The first-order valence-electron chi connectivity index (χ1n) is 6.97. The Kier molecular flexibility index (Phi) is 4.47. The van der Waals surface area contributed by atoms with Gasteiger partial charge in [-0.15, -0.1) is 0 Å². The smallest absolute Gasteiger partial charge is 0.225 e. The van der Waals surface area contributed by atoms with E-state index < -0.39 is 9.84 Å².